The number of hydrogen-bond donors (Lipinski definition) is 2. The summed E-state index contributed by atoms with van der Waals surface area (Å²) in [6, 6.07) is 3.01. The van der Waals surface area contributed by atoms with Gasteiger partial charge in [0.2, 0.25) is 10.0 Å². The number of rotatable bonds is 6. The van der Waals surface area contributed by atoms with Gasteiger partial charge in [0.05, 0.1) is 15.2 Å². The summed E-state index contributed by atoms with van der Waals surface area (Å²) in [5, 5.41) is 19.5. The van der Waals surface area contributed by atoms with Crippen LogP contribution in [0.4, 0.5) is 5.69 Å². The van der Waals surface area contributed by atoms with Gasteiger partial charge in [-0.25, -0.2) is 13.1 Å². The third-order valence-electron chi connectivity index (χ3n) is 2.71. The molecule has 10 heteroatoms. The van der Waals surface area contributed by atoms with Crippen LogP contribution < -0.4 is 4.72 Å². The van der Waals surface area contributed by atoms with E-state index in [1.54, 1.807) is 0 Å². The van der Waals surface area contributed by atoms with Gasteiger partial charge in [0, 0.05) is 12.6 Å². The molecule has 0 saturated carbocycles. The number of aliphatic carboxylic acids is 1. The molecule has 0 radical (unpaired) electrons. The highest BCUT2D eigenvalue weighted by Gasteiger charge is 2.30. The fourth-order valence-electron chi connectivity index (χ4n) is 1.23. The molecule has 0 aliphatic heterocycles. The minimum absolute atomic E-state index is 0.190. The normalized spacial score (nSPS) is 12.1. The Morgan fingerprint density at radius 1 is 1.48 bits per heavy atom. The van der Waals surface area contributed by atoms with E-state index >= 15 is 0 Å². The Morgan fingerprint density at radius 2 is 2.05 bits per heavy atom. The van der Waals surface area contributed by atoms with Crippen molar-refractivity contribution in [1.82, 2.24) is 4.72 Å². The van der Waals surface area contributed by atoms with Crippen molar-refractivity contribution in [2.24, 2.45) is 5.41 Å². The number of sulfonamides is 1. The number of benzene rings is 1. The molecule has 0 saturated heterocycles. The second-order valence-corrected chi connectivity index (χ2v) is 7.06. The van der Waals surface area contributed by atoms with Gasteiger partial charge < -0.3 is 5.11 Å². The number of nitrogens with zero attached hydrogens (tertiary/aromatic N) is 1. The Kier molecular flexibility index (Phi) is 4.92. The summed E-state index contributed by atoms with van der Waals surface area (Å²) in [5.41, 5.74) is -1.86. The lowest BCUT2D eigenvalue weighted by atomic mass is 9.95. The lowest BCUT2D eigenvalue weighted by Crippen LogP contribution is -2.38. The molecule has 1 aromatic rings. The SMILES string of the molecule is CC(C)(CNS(=O)(=O)c1ccc(Cl)c([N+](=O)[O-])c1)C(=O)O. The van der Waals surface area contributed by atoms with E-state index < -0.39 is 32.0 Å². The zero-order valence-corrected chi connectivity index (χ0v) is 12.7. The predicted octanol–water partition coefficient (Wildman–Crippen LogP) is 1.64. The number of halogens is 1. The first-order valence-electron chi connectivity index (χ1n) is 5.64. The number of nitro groups is 1. The molecule has 0 atom stereocenters. The van der Waals surface area contributed by atoms with Gasteiger partial charge in [-0.1, -0.05) is 11.6 Å². The van der Waals surface area contributed by atoms with Crippen LogP contribution in [0.25, 0.3) is 0 Å². The summed E-state index contributed by atoms with van der Waals surface area (Å²) in [4.78, 5) is 20.5. The van der Waals surface area contributed by atoms with Crippen LogP contribution in [-0.2, 0) is 14.8 Å². The van der Waals surface area contributed by atoms with E-state index in [0.717, 1.165) is 18.2 Å². The molecule has 0 amide bonds. The Labute approximate surface area is 125 Å². The second-order valence-electron chi connectivity index (χ2n) is 4.88. The maximum atomic E-state index is 12.0. The molecule has 0 aliphatic carbocycles. The average Bonchev–Trinajstić information content (AvgIpc) is 2.36. The molecule has 21 heavy (non-hydrogen) atoms. The van der Waals surface area contributed by atoms with E-state index in [-0.39, 0.29) is 16.5 Å². The van der Waals surface area contributed by atoms with E-state index in [9.17, 15) is 23.3 Å². The molecular weight excluding hydrogens is 324 g/mol. The van der Waals surface area contributed by atoms with Gasteiger partial charge in [-0.15, -0.1) is 0 Å². The quantitative estimate of drug-likeness (QED) is 0.600. The number of carboxylic acid groups (broad SMARTS) is 1. The minimum atomic E-state index is -4.08. The number of nitro benzene ring substituents is 1. The summed E-state index contributed by atoms with van der Waals surface area (Å²) in [5.74, 6) is -1.17. The van der Waals surface area contributed by atoms with E-state index in [2.05, 4.69) is 4.72 Å². The second kappa shape index (κ2) is 5.96. The van der Waals surface area contributed by atoms with Crippen molar-refractivity contribution >= 4 is 33.3 Å². The standard InChI is InChI=1S/C11H13ClN2O6S/c1-11(2,10(15)16)6-13-21(19,20)7-3-4-8(12)9(5-7)14(17)18/h3-5,13H,6H2,1-2H3,(H,15,16). The van der Waals surface area contributed by atoms with Crippen LogP contribution in [0.3, 0.4) is 0 Å². The Morgan fingerprint density at radius 3 is 2.52 bits per heavy atom. The lowest BCUT2D eigenvalue weighted by Gasteiger charge is -2.19. The lowest BCUT2D eigenvalue weighted by molar-refractivity contribution is -0.384. The van der Waals surface area contributed by atoms with Crippen molar-refractivity contribution < 1.29 is 23.2 Å². The number of nitrogens with one attached hydrogen (secondary N) is 1. The maximum absolute atomic E-state index is 12.0. The van der Waals surface area contributed by atoms with Crippen LogP contribution in [-0.4, -0.2) is 31.0 Å². The summed E-state index contributed by atoms with van der Waals surface area (Å²) in [6.45, 7) is 2.34. The molecule has 0 spiro atoms. The smallest absolute Gasteiger partial charge is 0.310 e. The summed E-state index contributed by atoms with van der Waals surface area (Å²) < 4.78 is 26.1. The maximum Gasteiger partial charge on any atom is 0.310 e. The zero-order chi connectivity index (χ0) is 16.4. The molecule has 2 N–H and O–H groups in total. The van der Waals surface area contributed by atoms with Gasteiger partial charge in [0.1, 0.15) is 5.02 Å². The van der Waals surface area contributed by atoms with Crippen LogP contribution >= 0.6 is 11.6 Å². The molecule has 1 rings (SSSR count). The van der Waals surface area contributed by atoms with Gasteiger partial charge in [0.25, 0.3) is 5.69 Å². The van der Waals surface area contributed by atoms with Crippen molar-refractivity contribution in [3.8, 4) is 0 Å². The van der Waals surface area contributed by atoms with E-state index in [4.69, 9.17) is 16.7 Å². The molecule has 0 fully saturated rings. The van der Waals surface area contributed by atoms with E-state index in [1.165, 1.54) is 13.8 Å². The summed E-state index contributed by atoms with van der Waals surface area (Å²) in [6.07, 6.45) is 0. The first kappa shape index (κ1) is 17.3. The van der Waals surface area contributed by atoms with Crippen LogP contribution in [0.15, 0.2) is 23.1 Å². The van der Waals surface area contributed by atoms with Crippen LogP contribution in [0, 0.1) is 15.5 Å². The van der Waals surface area contributed by atoms with E-state index in [0.29, 0.717) is 0 Å². The van der Waals surface area contributed by atoms with Gasteiger partial charge in [0.15, 0.2) is 0 Å². The van der Waals surface area contributed by atoms with Crippen LogP contribution in [0.2, 0.25) is 5.02 Å². The van der Waals surface area contributed by atoms with Crippen molar-refractivity contribution in [1.29, 1.82) is 0 Å². The van der Waals surface area contributed by atoms with Gasteiger partial charge in [-0.3, -0.25) is 14.9 Å². The molecule has 0 aromatic heterocycles. The fraction of sp³-hybridized carbons (Fsp3) is 0.364. The van der Waals surface area contributed by atoms with Crippen molar-refractivity contribution in [3.05, 3.63) is 33.3 Å². The molecule has 0 unspecified atom stereocenters. The van der Waals surface area contributed by atoms with Crippen molar-refractivity contribution in [2.75, 3.05) is 6.54 Å². The average molecular weight is 337 g/mol. The highest BCUT2D eigenvalue weighted by molar-refractivity contribution is 7.89. The predicted molar refractivity (Wildman–Crippen MR) is 74.7 cm³/mol. The first-order chi connectivity index (χ1) is 9.47. The Balaban J connectivity index is 3.07. The topological polar surface area (TPSA) is 127 Å². The monoisotopic (exact) mass is 336 g/mol. The number of carbonyl (C=O) groups is 1. The third-order valence-corrected chi connectivity index (χ3v) is 4.43. The molecule has 0 heterocycles. The Bertz CT molecular complexity index is 686. The molecule has 8 nitrogen and oxygen atoms in total. The first-order valence-corrected chi connectivity index (χ1v) is 7.50. The summed E-state index contributed by atoms with van der Waals surface area (Å²) in [7, 11) is -4.08. The summed E-state index contributed by atoms with van der Waals surface area (Å²) >= 11 is 5.60. The van der Waals surface area contributed by atoms with Gasteiger partial charge >= 0.3 is 5.97 Å². The van der Waals surface area contributed by atoms with E-state index in [1.807, 2.05) is 0 Å². The van der Waals surface area contributed by atoms with Gasteiger partial charge in [-0.05, 0) is 26.0 Å². The molecule has 1 aromatic carbocycles. The number of carboxylic acids is 1. The van der Waals surface area contributed by atoms with Crippen LogP contribution in [0.1, 0.15) is 13.8 Å². The van der Waals surface area contributed by atoms with Crippen LogP contribution in [0.5, 0.6) is 0 Å². The zero-order valence-electron chi connectivity index (χ0n) is 11.2. The minimum Gasteiger partial charge on any atom is -0.481 e. The molecule has 116 valence electrons. The fourth-order valence-corrected chi connectivity index (χ4v) is 2.65. The Hall–Kier alpha value is -1.71. The molecule has 0 bridgehead atoms. The largest absolute Gasteiger partial charge is 0.481 e. The third kappa shape index (κ3) is 4.13. The highest BCUT2D eigenvalue weighted by atomic mass is 35.5. The van der Waals surface area contributed by atoms with Gasteiger partial charge in [-0.2, -0.15) is 0 Å². The highest BCUT2D eigenvalue weighted by Crippen LogP contribution is 2.27. The van der Waals surface area contributed by atoms with Crippen molar-refractivity contribution in [2.45, 2.75) is 18.7 Å². The number of hydrogen-bond acceptors (Lipinski definition) is 5. The molecular formula is C11H13ClN2O6S. The van der Waals surface area contributed by atoms with Crippen molar-refractivity contribution in [3.63, 3.8) is 0 Å². The molecule has 0 aliphatic rings.